The molecule has 2 N–H and O–H groups in total. The second-order valence-corrected chi connectivity index (χ2v) is 25.8. The molecule has 4 aliphatic heterocycles. The lowest BCUT2D eigenvalue weighted by Gasteiger charge is -2.50. The van der Waals surface area contributed by atoms with Crippen LogP contribution in [-0.4, -0.2) is 78.3 Å². The maximum absolute atomic E-state index is 17.9. The SMILES string of the molecule is CC(C)[Si](C#Cc1c(F)ccc2cc(N)cc(-c3c(F)cc4c(N5CC6C=CC(C5)N6C(C)(C)c5ccccc5)nc(OC[C@@]56CCCN5C/C(=C\F)C6)nc4c3F)c12)(C(C)C)C(C)C. The molecular formula is C53H60F4N6OSi. The average molecular weight is 901 g/mol. The second kappa shape index (κ2) is 16.9. The molecular weight excluding hydrogens is 841 g/mol. The highest BCUT2D eigenvalue weighted by Crippen LogP contribution is 2.46. The number of fused-ring (bicyclic) bond motifs is 5. The fraction of sp³-hybridized carbons (Fsp3) is 0.434. The van der Waals surface area contributed by atoms with Gasteiger partial charge in [0, 0.05) is 53.7 Å². The van der Waals surface area contributed by atoms with E-state index in [1.54, 1.807) is 12.1 Å². The van der Waals surface area contributed by atoms with Crippen molar-refractivity contribution in [2.24, 2.45) is 0 Å². The molecule has 9 rings (SSSR count). The Labute approximate surface area is 381 Å². The minimum atomic E-state index is -2.35. The molecule has 0 amide bonds. The van der Waals surface area contributed by atoms with Gasteiger partial charge in [-0.15, -0.1) is 5.54 Å². The van der Waals surface area contributed by atoms with Gasteiger partial charge in [0.25, 0.3) is 0 Å². The van der Waals surface area contributed by atoms with E-state index in [1.807, 2.05) is 6.07 Å². The Balaban J connectivity index is 1.20. The van der Waals surface area contributed by atoms with Crippen molar-refractivity contribution < 1.29 is 22.3 Å². The maximum Gasteiger partial charge on any atom is 0.319 e. The molecule has 3 fully saturated rings. The fourth-order valence-corrected chi connectivity index (χ4v) is 17.5. The standard InChI is InChI=1S/C53H60F4N6OSi/c1-32(2)65(33(3)4,34(5)6)22-19-41-44(55)18-15-36-23-38(58)24-42(46(36)41)47-45(56)25-43-49(48(47)57)59-51(64-31-53-20-12-21-62(53)28-35(26-53)27-54)60-50(43)61-29-39-16-17-40(30-61)63(39)52(7,8)37-13-10-9-11-14-37/h9-11,13-18,23-25,27,32-34,39-40H,12,20-21,26,28-31,58H2,1-8H3/b35-27-/t39?,40?,53-/m0/s1. The van der Waals surface area contributed by atoms with Crippen molar-refractivity contribution in [1.29, 1.82) is 0 Å². The maximum atomic E-state index is 17.9. The first-order valence-corrected chi connectivity index (χ1v) is 25.4. The summed E-state index contributed by atoms with van der Waals surface area (Å²) in [7, 11) is -2.35. The summed E-state index contributed by atoms with van der Waals surface area (Å²) in [6.07, 6.45) is 7.38. The molecule has 0 aliphatic carbocycles. The molecule has 4 aromatic carbocycles. The van der Waals surface area contributed by atoms with Gasteiger partial charge in [-0.3, -0.25) is 9.80 Å². The van der Waals surface area contributed by atoms with E-state index < -0.39 is 31.1 Å². The van der Waals surface area contributed by atoms with E-state index in [2.05, 4.69) is 118 Å². The van der Waals surface area contributed by atoms with Crippen LogP contribution >= 0.6 is 0 Å². The van der Waals surface area contributed by atoms with Crippen molar-refractivity contribution in [3.63, 3.8) is 0 Å². The van der Waals surface area contributed by atoms with Crippen molar-refractivity contribution in [2.45, 2.75) is 114 Å². The van der Waals surface area contributed by atoms with Crippen molar-refractivity contribution in [3.8, 4) is 28.6 Å². The number of nitrogen functional groups attached to an aromatic ring is 1. The average Bonchev–Trinajstić information content (AvgIpc) is 3.91. The van der Waals surface area contributed by atoms with Crippen LogP contribution in [-0.2, 0) is 5.54 Å². The van der Waals surface area contributed by atoms with Gasteiger partial charge < -0.3 is 15.4 Å². The third kappa shape index (κ3) is 7.52. The molecule has 5 heterocycles. The summed E-state index contributed by atoms with van der Waals surface area (Å²) in [6, 6.07) is 17.7. The molecule has 3 saturated heterocycles. The van der Waals surface area contributed by atoms with Gasteiger partial charge in [0.05, 0.1) is 23.0 Å². The van der Waals surface area contributed by atoms with Crippen molar-refractivity contribution in [1.82, 2.24) is 19.8 Å². The normalized spacial score (nSPS) is 22.0. The molecule has 340 valence electrons. The predicted octanol–water partition coefficient (Wildman–Crippen LogP) is 11.9. The number of benzene rings is 4. The van der Waals surface area contributed by atoms with E-state index in [1.165, 1.54) is 23.8 Å². The van der Waals surface area contributed by atoms with Gasteiger partial charge in [0.15, 0.2) is 5.82 Å². The van der Waals surface area contributed by atoms with E-state index in [0.29, 0.717) is 49.2 Å². The van der Waals surface area contributed by atoms with Gasteiger partial charge in [-0.2, -0.15) is 9.97 Å². The molecule has 0 radical (unpaired) electrons. The van der Waals surface area contributed by atoms with Gasteiger partial charge >= 0.3 is 6.01 Å². The van der Waals surface area contributed by atoms with Crippen LogP contribution in [0.4, 0.5) is 29.1 Å². The van der Waals surface area contributed by atoms with Crippen LogP contribution in [0, 0.1) is 28.9 Å². The van der Waals surface area contributed by atoms with Crippen LogP contribution in [0.1, 0.15) is 85.8 Å². The quantitative estimate of drug-likeness (QED) is 0.0492. The van der Waals surface area contributed by atoms with E-state index in [0.717, 1.165) is 19.4 Å². The third-order valence-electron chi connectivity index (χ3n) is 15.3. The fourth-order valence-electron chi connectivity index (χ4n) is 12.3. The molecule has 65 heavy (non-hydrogen) atoms. The predicted molar refractivity (Wildman–Crippen MR) is 258 cm³/mol. The van der Waals surface area contributed by atoms with E-state index in [9.17, 15) is 4.39 Å². The minimum absolute atomic E-state index is 0.0281. The van der Waals surface area contributed by atoms with Gasteiger partial charge in [0.2, 0.25) is 0 Å². The van der Waals surface area contributed by atoms with E-state index >= 15 is 13.2 Å². The summed E-state index contributed by atoms with van der Waals surface area (Å²) in [4.78, 5) is 16.5. The Morgan fingerprint density at radius 1 is 0.923 bits per heavy atom. The minimum Gasteiger partial charge on any atom is -0.461 e. The summed E-state index contributed by atoms with van der Waals surface area (Å²) in [5.41, 5.74) is 12.0. The largest absolute Gasteiger partial charge is 0.461 e. The zero-order valence-electron chi connectivity index (χ0n) is 38.8. The van der Waals surface area contributed by atoms with Gasteiger partial charge in [-0.25, -0.2) is 17.6 Å². The zero-order chi connectivity index (χ0) is 46.2. The van der Waals surface area contributed by atoms with Gasteiger partial charge in [-0.1, -0.05) is 96.0 Å². The molecule has 3 atom stereocenters. The molecule has 1 aromatic heterocycles. The first kappa shape index (κ1) is 45.0. The number of ether oxygens (including phenoxy) is 1. The third-order valence-corrected chi connectivity index (χ3v) is 21.6. The Bertz CT molecular complexity index is 2760. The second-order valence-electron chi connectivity index (χ2n) is 20.2. The Morgan fingerprint density at radius 2 is 1.62 bits per heavy atom. The van der Waals surface area contributed by atoms with Gasteiger partial charge in [0.1, 0.15) is 37.6 Å². The smallest absolute Gasteiger partial charge is 0.319 e. The summed E-state index contributed by atoms with van der Waals surface area (Å²) in [6.45, 7) is 20.1. The Hall–Kier alpha value is -5.22. The lowest BCUT2D eigenvalue weighted by molar-refractivity contribution is 0.0590. The highest BCUT2D eigenvalue weighted by Gasteiger charge is 2.48. The number of hydrogen-bond acceptors (Lipinski definition) is 7. The Morgan fingerprint density at radius 3 is 2.28 bits per heavy atom. The first-order chi connectivity index (χ1) is 31.0. The molecule has 5 aromatic rings. The monoisotopic (exact) mass is 900 g/mol. The van der Waals surface area contributed by atoms with E-state index in [-0.39, 0.29) is 85.5 Å². The van der Waals surface area contributed by atoms with Crippen molar-refractivity contribution >= 4 is 41.3 Å². The molecule has 4 aliphatic rings. The number of halogens is 4. The number of anilines is 2. The topological polar surface area (TPSA) is 70.8 Å². The highest BCUT2D eigenvalue weighted by molar-refractivity contribution is 6.90. The molecule has 0 saturated carbocycles. The number of aromatic nitrogens is 2. The Kier molecular flexibility index (Phi) is 11.7. The number of rotatable bonds is 10. The lowest BCUT2D eigenvalue weighted by atomic mass is 9.89. The van der Waals surface area contributed by atoms with Gasteiger partial charge in [-0.05, 0) is 103 Å². The molecule has 12 heteroatoms. The van der Waals surface area contributed by atoms with E-state index in [4.69, 9.17) is 20.4 Å². The van der Waals surface area contributed by atoms with Crippen molar-refractivity contribution in [2.75, 3.05) is 43.4 Å². The number of nitrogens with zero attached hydrogens (tertiary/aromatic N) is 5. The summed E-state index contributed by atoms with van der Waals surface area (Å²) < 4.78 is 71.8. The zero-order valence-corrected chi connectivity index (χ0v) is 39.8. The first-order valence-electron chi connectivity index (χ1n) is 23.2. The summed E-state index contributed by atoms with van der Waals surface area (Å²) in [5.74, 6) is 1.25. The summed E-state index contributed by atoms with van der Waals surface area (Å²) in [5, 5.41) is 0.990. The number of piperazine rings is 1. The van der Waals surface area contributed by atoms with Crippen molar-refractivity contribution in [3.05, 3.63) is 113 Å². The van der Waals surface area contributed by atoms with Crippen LogP contribution in [0.2, 0.25) is 16.6 Å². The van der Waals surface area contributed by atoms with Crippen LogP contribution < -0.4 is 15.4 Å². The number of nitrogens with two attached hydrogens (primary N) is 1. The molecule has 0 spiro atoms. The highest BCUT2D eigenvalue weighted by atomic mass is 28.3. The summed E-state index contributed by atoms with van der Waals surface area (Å²) >= 11 is 0. The molecule has 2 bridgehead atoms. The van der Waals surface area contributed by atoms with Crippen LogP contribution in [0.25, 0.3) is 32.8 Å². The number of hydrogen-bond donors (Lipinski definition) is 1. The van der Waals surface area contributed by atoms with Crippen LogP contribution in [0.5, 0.6) is 6.01 Å². The lowest BCUT2D eigenvalue weighted by Crippen LogP contribution is -2.60. The van der Waals surface area contributed by atoms with Crippen LogP contribution in [0.3, 0.4) is 0 Å². The molecule has 2 unspecified atom stereocenters. The molecule has 7 nitrogen and oxygen atoms in total. The van der Waals surface area contributed by atoms with Crippen LogP contribution in [0.15, 0.2) is 84.7 Å².